The molecule has 6 nitrogen and oxygen atoms in total. The molecule has 0 saturated carbocycles. The fourth-order valence-electron chi connectivity index (χ4n) is 3.59. The summed E-state index contributed by atoms with van der Waals surface area (Å²) >= 11 is 1.20. The lowest BCUT2D eigenvalue weighted by molar-refractivity contribution is -0.122. The number of thioether (sulfide) groups is 1. The molecule has 5 rings (SSSR count). The molecule has 1 aliphatic heterocycles. The van der Waals surface area contributed by atoms with Gasteiger partial charge in [0, 0.05) is 5.56 Å². The van der Waals surface area contributed by atoms with Crippen molar-refractivity contribution in [1.29, 1.82) is 0 Å². The van der Waals surface area contributed by atoms with Gasteiger partial charge in [0.25, 0.3) is 5.91 Å². The predicted octanol–water partition coefficient (Wildman–Crippen LogP) is 6.50. The Bertz CT molecular complexity index is 1470. The second-order valence-corrected chi connectivity index (χ2v) is 9.09. The highest BCUT2D eigenvalue weighted by molar-refractivity contribution is 8.18. The number of amidine groups is 1. The third kappa shape index (κ3) is 6.23. The number of hydrogen-bond donors (Lipinski definition) is 0. The second kappa shape index (κ2) is 11.5. The largest absolute Gasteiger partial charge is 0.489 e. The molecule has 0 atom stereocenters. The fraction of sp³-hybridized carbons (Fsp3) is 0.0690. The zero-order valence-corrected chi connectivity index (χ0v) is 20.5. The molecule has 184 valence electrons. The van der Waals surface area contributed by atoms with Crippen molar-refractivity contribution in [2.24, 2.45) is 10.2 Å². The summed E-state index contributed by atoms with van der Waals surface area (Å²) < 4.78 is 25.3. The van der Waals surface area contributed by atoms with Crippen molar-refractivity contribution in [3.05, 3.63) is 130 Å². The van der Waals surface area contributed by atoms with Crippen molar-refractivity contribution in [3.8, 4) is 5.75 Å². The van der Waals surface area contributed by atoms with Crippen LogP contribution >= 0.6 is 11.8 Å². The predicted molar refractivity (Wildman–Crippen MR) is 143 cm³/mol. The van der Waals surface area contributed by atoms with Crippen LogP contribution < -0.4 is 4.74 Å². The van der Waals surface area contributed by atoms with Gasteiger partial charge in [-0.3, -0.25) is 9.69 Å². The van der Waals surface area contributed by atoms with Crippen LogP contribution in [0.3, 0.4) is 0 Å². The Labute approximate surface area is 217 Å². The first-order valence-corrected chi connectivity index (χ1v) is 12.3. The van der Waals surface area contributed by atoms with Crippen molar-refractivity contribution in [1.82, 2.24) is 4.90 Å². The number of furan rings is 1. The molecule has 0 radical (unpaired) electrons. The minimum atomic E-state index is -0.399. The van der Waals surface area contributed by atoms with Gasteiger partial charge < -0.3 is 9.15 Å². The van der Waals surface area contributed by atoms with Gasteiger partial charge in [0.1, 0.15) is 23.9 Å². The SMILES string of the molecule is O=C1/C(=C/c2cccc(OCc3ccccc3)c2)S/C(=N/N=C\c2ccccc2F)N1Cc1ccco1. The highest BCUT2D eigenvalue weighted by Crippen LogP contribution is 2.34. The quantitative estimate of drug-likeness (QED) is 0.154. The van der Waals surface area contributed by atoms with Crippen molar-refractivity contribution in [3.63, 3.8) is 0 Å². The number of carbonyl (C=O) groups excluding carboxylic acids is 1. The number of ether oxygens (including phenoxy) is 1. The lowest BCUT2D eigenvalue weighted by Gasteiger charge is -2.12. The summed E-state index contributed by atoms with van der Waals surface area (Å²) in [5.41, 5.74) is 2.19. The van der Waals surface area contributed by atoms with E-state index in [0.29, 0.717) is 33.8 Å². The van der Waals surface area contributed by atoms with Crippen molar-refractivity contribution in [2.75, 3.05) is 0 Å². The molecule has 0 aliphatic carbocycles. The molecule has 1 amide bonds. The monoisotopic (exact) mass is 511 g/mol. The maximum absolute atomic E-state index is 13.9. The lowest BCUT2D eigenvalue weighted by Crippen LogP contribution is -2.28. The average Bonchev–Trinajstić information content (AvgIpc) is 3.54. The number of hydrogen-bond acceptors (Lipinski definition) is 6. The molecule has 0 N–H and O–H groups in total. The summed E-state index contributed by atoms with van der Waals surface area (Å²) in [7, 11) is 0. The Morgan fingerprint density at radius 2 is 1.81 bits per heavy atom. The van der Waals surface area contributed by atoms with E-state index in [1.807, 2.05) is 54.6 Å². The summed E-state index contributed by atoms with van der Waals surface area (Å²) in [6.45, 7) is 0.646. The van der Waals surface area contributed by atoms with Crippen LogP contribution in [0.1, 0.15) is 22.5 Å². The first-order valence-electron chi connectivity index (χ1n) is 11.5. The van der Waals surface area contributed by atoms with Crippen molar-refractivity contribution < 1.29 is 18.3 Å². The number of halogens is 1. The summed E-state index contributed by atoms with van der Waals surface area (Å²) in [6.07, 6.45) is 4.67. The van der Waals surface area contributed by atoms with Crippen LogP contribution in [0.15, 0.2) is 117 Å². The van der Waals surface area contributed by atoms with Gasteiger partial charge in [-0.1, -0.05) is 60.7 Å². The van der Waals surface area contributed by atoms with Gasteiger partial charge >= 0.3 is 0 Å². The Kier molecular flexibility index (Phi) is 7.57. The van der Waals surface area contributed by atoms with Crippen LogP contribution in [-0.4, -0.2) is 22.2 Å². The molecule has 1 fully saturated rings. The molecular formula is C29H22FN3O3S. The normalized spacial score (nSPS) is 15.8. The van der Waals surface area contributed by atoms with Gasteiger partial charge in [-0.15, -0.1) is 5.10 Å². The molecule has 1 aromatic heterocycles. The van der Waals surface area contributed by atoms with E-state index in [1.165, 1.54) is 28.9 Å². The van der Waals surface area contributed by atoms with Crippen LogP contribution in [0.5, 0.6) is 5.75 Å². The smallest absolute Gasteiger partial charge is 0.267 e. The van der Waals surface area contributed by atoms with Gasteiger partial charge in [0.05, 0.1) is 23.9 Å². The molecular weight excluding hydrogens is 489 g/mol. The summed E-state index contributed by atoms with van der Waals surface area (Å²) in [6, 6.07) is 27.3. The summed E-state index contributed by atoms with van der Waals surface area (Å²) in [4.78, 5) is 15.3. The minimum absolute atomic E-state index is 0.199. The van der Waals surface area contributed by atoms with Crippen LogP contribution in [-0.2, 0) is 17.9 Å². The molecule has 0 bridgehead atoms. The first-order chi connectivity index (χ1) is 18.2. The summed E-state index contributed by atoms with van der Waals surface area (Å²) in [5.74, 6) is 0.683. The third-order valence-corrected chi connectivity index (χ3v) is 6.43. The maximum atomic E-state index is 13.9. The molecule has 8 heteroatoms. The minimum Gasteiger partial charge on any atom is -0.489 e. The van der Waals surface area contributed by atoms with E-state index in [1.54, 1.807) is 42.7 Å². The van der Waals surface area contributed by atoms with E-state index in [2.05, 4.69) is 10.2 Å². The van der Waals surface area contributed by atoms with Gasteiger partial charge in [0.2, 0.25) is 0 Å². The summed E-state index contributed by atoms with van der Waals surface area (Å²) in [5, 5.41) is 8.63. The van der Waals surface area contributed by atoms with Gasteiger partial charge in [-0.25, -0.2) is 4.39 Å². The molecule has 3 aromatic carbocycles. The van der Waals surface area contributed by atoms with E-state index >= 15 is 0 Å². The maximum Gasteiger partial charge on any atom is 0.267 e. The lowest BCUT2D eigenvalue weighted by atomic mass is 10.2. The van der Waals surface area contributed by atoms with E-state index in [4.69, 9.17) is 9.15 Å². The number of amides is 1. The third-order valence-electron chi connectivity index (χ3n) is 5.43. The highest BCUT2D eigenvalue weighted by Gasteiger charge is 2.34. The standard InChI is InChI=1S/C29H22FN3O3S/c30-26-14-5-4-11-23(26)18-31-32-29-33(19-25-13-7-15-35-25)28(34)27(37-29)17-22-10-6-12-24(16-22)36-20-21-8-2-1-3-9-21/h1-18H,19-20H2/b27-17-,31-18-,32-29+. The van der Waals surface area contributed by atoms with Crippen LogP contribution in [0.2, 0.25) is 0 Å². The molecule has 0 unspecified atom stereocenters. The first kappa shape index (κ1) is 24.3. The fourth-order valence-corrected chi connectivity index (χ4v) is 4.52. The number of benzene rings is 3. The van der Waals surface area contributed by atoms with Gasteiger partial charge in [-0.2, -0.15) is 5.10 Å². The van der Waals surface area contributed by atoms with Crippen LogP contribution in [0.25, 0.3) is 6.08 Å². The van der Waals surface area contributed by atoms with E-state index < -0.39 is 5.82 Å². The number of nitrogens with zero attached hydrogens (tertiary/aromatic N) is 3. The Balaban J connectivity index is 1.37. The number of carbonyl (C=O) groups is 1. The van der Waals surface area contributed by atoms with Crippen molar-refractivity contribution >= 4 is 35.1 Å². The Morgan fingerprint density at radius 3 is 2.62 bits per heavy atom. The zero-order valence-electron chi connectivity index (χ0n) is 19.7. The van der Waals surface area contributed by atoms with Crippen LogP contribution in [0, 0.1) is 5.82 Å². The molecule has 1 saturated heterocycles. The Morgan fingerprint density at radius 1 is 0.973 bits per heavy atom. The molecule has 4 aromatic rings. The van der Waals surface area contributed by atoms with E-state index in [-0.39, 0.29) is 12.5 Å². The molecule has 0 spiro atoms. The second-order valence-electron chi connectivity index (χ2n) is 8.08. The van der Waals surface area contributed by atoms with Gasteiger partial charge in [-0.05, 0) is 59.3 Å². The molecule has 37 heavy (non-hydrogen) atoms. The highest BCUT2D eigenvalue weighted by atomic mass is 32.2. The topological polar surface area (TPSA) is 67.4 Å². The van der Waals surface area contributed by atoms with E-state index in [9.17, 15) is 9.18 Å². The zero-order chi connectivity index (χ0) is 25.5. The van der Waals surface area contributed by atoms with Crippen molar-refractivity contribution in [2.45, 2.75) is 13.2 Å². The van der Waals surface area contributed by atoms with Gasteiger partial charge in [0.15, 0.2) is 5.17 Å². The average molecular weight is 512 g/mol. The van der Waals surface area contributed by atoms with E-state index in [0.717, 1.165) is 11.1 Å². The number of rotatable bonds is 8. The molecule has 2 heterocycles. The van der Waals surface area contributed by atoms with Crippen LogP contribution in [0.4, 0.5) is 4.39 Å². The molecule has 1 aliphatic rings. The Hall–Kier alpha value is -4.43.